The summed E-state index contributed by atoms with van der Waals surface area (Å²) in [4.78, 5) is 6.88. The van der Waals surface area contributed by atoms with E-state index in [0.717, 1.165) is 22.4 Å². The second-order valence-electron chi connectivity index (χ2n) is 6.88. The fraction of sp³-hybridized carbons (Fsp3) is 0.0870. The molecule has 5 rings (SSSR count). The van der Waals surface area contributed by atoms with Gasteiger partial charge in [0.25, 0.3) is 5.78 Å². The second-order valence-corrected chi connectivity index (χ2v) is 6.88. The van der Waals surface area contributed by atoms with E-state index in [-0.39, 0.29) is 0 Å². The number of para-hydroxylation sites is 1. The number of nitrogens with zero attached hydrogens (tertiary/aromatic N) is 5. The Kier molecular flexibility index (Phi) is 3.79. The lowest BCUT2D eigenvalue weighted by Gasteiger charge is -2.21. The zero-order valence-electron chi connectivity index (χ0n) is 15.7. The number of aromatic nitrogens is 4. The van der Waals surface area contributed by atoms with Gasteiger partial charge in [0.2, 0.25) is 0 Å². The lowest BCUT2D eigenvalue weighted by molar-refractivity contribution is 1.08. The monoisotopic (exact) mass is 365 g/mol. The van der Waals surface area contributed by atoms with Crippen molar-refractivity contribution < 1.29 is 0 Å². The smallest absolute Gasteiger partial charge is 0.257 e. The van der Waals surface area contributed by atoms with Gasteiger partial charge in [-0.25, -0.2) is 0 Å². The fourth-order valence-corrected chi connectivity index (χ4v) is 3.66. The molecule has 0 N–H and O–H groups in total. The van der Waals surface area contributed by atoms with Crippen molar-refractivity contribution in [2.75, 3.05) is 11.9 Å². The summed E-state index contributed by atoms with van der Waals surface area (Å²) in [5.41, 5.74) is 5.80. The average Bonchev–Trinajstić information content (AvgIpc) is 3.22. The van der Waals surface area contributed by atoms with Crippen LogP contribution in [0.1, 0.15) is 5.56 Å². The highest BCUT2D eigenvalue weighted by Crippen LogP contribution is 2.32. The molecule has 5 nitrogen and oxygen atoms in total. The Hall–Kier alpha value is -3.73. The van der Waals surface area contributed by atoms with Gasteiger partial charge in [-0.3, -0.25) is 4.40 Å². The van der Waals surface area contributed by atoms with Crippen molar-refractivity contribution in [3.05, 3.63) is 84.7 Å². The number of rotatable bonds is 3. The molecular formula is C23H19N5. The van der Waals surface area contributed by atoms with E-state index in [9.17, 15) is 0 Å². The summed E-state index contributed by atoms with van der Waals surface area (Å²) in [6, 6.07) is 25.2. The lowest BCUT2D eigenvalue weighted by atomic mass is 10.00. The maximum Gasteiger partial charge on any atom is 0.257 e. The van der Waals surface area contributed by atoms with Crippen LogP contribution in [0.5, 0.6) is 0 Å². The van der Waals surface area contributed by atoms with Crippen LogP contribution in [0.15, 0.2) is 79.1 Å². The van der Waals surface area contributed by atoms with E-state index < -0.39 is 0 Å². The first-order valence-electron chi connectivity index (χ1n) is 9.20. The van der Waals surface area contributed by atoms with Crippen LogP contribution >= 0.6 is 0 Å². The van der Waals surface area contributed by atoms with Gasteiger partial charge in [0.1, 0.15) is 12.1 Å². The van der Waals surface area contributed by atoms with Crippen molar-refractivity contribution in [2.24, 2.45) is 0 Å². The largest absolute Gasteiger partial charge is 0.329 e. The number of aryl methyl sites for hydroxylation is 1. The van der Waals surface area contributed by atoms with Crippen molar-refractivity contribution in [3.63, 3.8) is 0 Å². The fourth-order valence-electron chi connectivity index (χ4n) is 3.66. The van der Waals surface area contributed by atoms with Gasteiger partial charge in [-0.05, 0) is 47.9 Å². The second kappa shape index (κ2) is 6.46. The molecule has 5 heteroatoms. The minimum Gasteiger partial charge on any atom is -0.329 e. The van der Waals surface area contributed by atoms with Crippen molar-refractivity contribution >= 4 is 28.2 Å². The van der Waals surface area contributed by atoms with E-state index in [0.29, 0.717) is 5.78 Å². The Bertz CT molecular complexity index is 1300. The summed E-state index contributed by atoms with van der Waals surface area (Å²) < 4.78 is 1.91. The van der Waals surface area contributed by atoms with Crippen LogP contribution in [-0.2, 0) is 0 Å². The first-order valence-corrected chi connectivity index (χ1v) is 9.20. The normalized spacial score (nSPS) is 11.2. The van der Waals surface area contributed by atoms with Gasteiger partial charge in [0.05, 0.1) is 5.52 Å². The number of hydrogen-bond donors (Lipinski definition) is 0. The van der Waals surface area contributed by atoms with Gasteiger partial charge in [-0.15, -0.1) is 10.2 Å². The number of hydrogen-bond acceptors (Lipinski definition) is 4. The highest BCUT2D eigenvalue weighted by Gasteiger charge is 2.14. The molecule has 2 heterocycles. The zero-order chi connectivity index (χ0) is 19.1. The van der Waals surface area contributed by atoms with Crippen LogP contribution in [0.4, 0.5) is 11.5 Å². The van der Waals surface area contributed by atoms with Gasteiger partial charge < -0.3 is 4.90 Å². The molecule has 5 aromatic rings. The molecule has 0 spiro atoms. The first kappa shape index (κ1) is 16.4. The summed E-state index contributed by atoms with van der Waals surface area (Å²) >= 11 is 0. The molecule has 0 saturated heterocycles. The molecule has 0 atom stereocenters. The molecule has 0 saturated carbocycles. The molecule has 28 heavy (non-hydrogen) atoms. The maximum absolute atomic E-state index is 4.77. The van der Waals surface area contributed by atoms with E-state index in [1.54, 1.807) is 6.33 Å². The van der Waals surface area contributed by atoms with Crippen molar-refractivity contribution in [3.8, 4) is 11.1 Å². The zero-order valence-corrected chi connectivity index (χ0v) is 15.7. The first-order chi connectivity index (χ1) is 13.7. The Balaban J connectivity index is 1.67. The number of anilines is 2. The standard InChI is InChI=1S/C23H19N5/c1-16-8-3-4-11-19(16)17-9-7-10-18(14-17)27(2)22-20-12-5-6-13-21(20)28-15-24-26-23(28)25-22/h3-15H,1-2H3. The third kappa shape index (κ3) is 2.60. The maximum atomic E-state index is 4.77. The van der Waals surface area contributed by atoms with Gasteiger partial charge in [0, 0.05) is 18.1 Å². The van der Waals surface area contributed by atoms with Gasteiger partial charge >= 0.3 is 0 Å². The molecular weight excluding hydrogens is 346 g/mol. The number of benzene rings is 3. The van der Waals surface area contributed by atoms with Crippen LogP contribution < -0.4 is 4.90 Å². The van der Waals surface area contributed by atoms with Gasteiger partial charge in [-0.2, -0.15) is 4.98 Å². The Morgan fingerprint density at radius 3 is 2.61 bits per heavy atom. The summed E-state index contributed by atoms with van der Waals surface area (Å²) in [7, 11) is 2.04. The van der Waals surface area contributed by atoms with Gasteiger partial charge in [0.15, 0.2) is 0 Å². The molecule has 0 bridgehead atoms. The topological polar surface area (TPSA) is 46.3 Å². The quantitative estimate of drug-likeness (QED) is 0.450. The molecule has 3 aromatic carbocycles. The minimum atomic E-state index is 0.593. The Morgan fingerprint density at radius 1 is 0.893 bits per heavy atom. The van der Waals surface area contributed by atoms with Crippen LogP contribution in [0.3, 0.4) is 0 Å². The highest BCUT2D eigenvalue weighted by atomic mass is 15.3. The molecule has 0 radical (unpaired) electrons. The molecule has 0 aliphatic rings. The summed E-state index contributed by atoms with van der Waals surface area (Å²) in [6.07, 6.45) is 1.70. The van der Waals surface area contributed by atoms with Crippen LogP contribution in [0.25, 0.3) is 27.8 Å². The molecule has 2 aromatic heterocycles. The number of fused-ring (bicyclic) bond motifs is 3. The molecule has 0 aliphatic heterocycles. The Labute approximate surface area is 162 Å². The van der Waals surface area contributed by atoms with E-state index >= 15 is 0 Å². The summed E-state index contributed by atoms with van der Waals surface area (Å²) in [5.74, 6) is 1.45. The third-order valence-corrected chi connectivity index (χ3v) is 5.15. The van der Waals surface area contributed by atoms with Crippen LogP contribution in [0, 0.1) is 6.92 Å². The van der Waals surface area contributed by atoms with Gasteiger partial charge in [-0.1, -0.05) is 48.5 Å². The lowest BCUT2D eigenvalue weighted by Crippen LogP contribution is -2.13. The summed E-state index contributed by atoms with van der Waals surface area (Å²) in [5, 5.41) is 9.23. The minimum absolute atomic E-state index is 0.593. The van der Waals surface area contributed by atoms with Crippen molar-refractivity contribution in [1.82, 2.24) is 19.6 Å². The van der Waals surface area contributed by atoms with Crippen molar-refractivity contribution in [1.29, 1.82) is 0 Å². The van der Waals surface area contributed by atoms with Crippen LogP contribution in [0.2, 0.25) is 0 Å². The molecule has 0 amide bonds. The molecule has 0 fully saturated rings. The van der Waals surface area contributed by atoms with Crippen molar-refractivity contribution in [2.45, 2.75) is 6.92 Å². The Morgan fingerprint density at radius 2 is 1.71 bits per heavy atom. The molecule has 136 valence electrons. The van der Waals surface area contributed by atoms with E-state index in [1.807, 2.05) is 23.6 Å². The van der Waals surface area contributed by atoms with E-state index in [2.05, 4.69) is 82.7 Å². The summed E-state index contributed by atoms with van der Waals surface area (Å²) in [6.45, 7) is 2.14. The van der Waals surface area contributed by atoms with E-state index in [4.69, 9.17) is 4.98 Å². The SMILES string of the molecule is Cc1ccccc1-c1cccc(N(C)c2nc3nncn3c3ccccc23)c1. The predicted molar refractivity (Wildman–Crippen MR) is 113 cm³/mol. The predicted octanol–water partition coefficient (Wildman–Crippen LogP) is 5.02. The van der Waals surface area contributed by atoms with E-state index in [1.165, 1.54) is 16.7 Å². The third-order valence-electron chi connectivity index (χ3n) is 5.15. The highest BCUT2D eigenvalue weighted by molar-refractivity contribution is 5.93. The van der Waals surface area contributed by atoms with Crippen LogP contribution in [-0.4, -0.2) is 26.6 Å². The average molecular weight is 365 g/mol. The molecule has 0 unspecified atom stereocenters. The molecule has 0 aliphatic carbocycles.